The third-order valence-electron chi connectivity index (χ3n) is 3.99. The van der Waals surface area contributed by atoms with Gasteiger partial charge in [0.25, 0.3) is 0 Å². The van der Waals surface area contributed by atoms with Crippen LogP contribution in [-0.4, -0.2) is 72.1 Å². The number of unbranched alkanes of at least 4 members (excludes halogenated alkanes) is 1. The quantitative estimate of drug-likeness (QED) is 0.322. The molecule has 0 atom stereocenters. The minimum absolute atomic E-state index is 0.641. The van der Waals surface area contributed by atoms with Crippen molar-refractivity contribution < 1.29 is 18.9 Å². The number of nitrogens with zero attached hydrogens (tertiary/aromatic N) is 2. The molecule has 0 aliphatic rings. The molecule has 27 heavy (non-hydrogen) atoms. The standard InChI is InChI=1S/C20H35N3O4/c1-6-21-20(22-11-7-8-12-27-14-13-24-3)23(2)16-17-9-10-18(25-4)15-19(17)26-5/h9-10,15H,6-8,11-14,16H2,1-5H3,(H,21,22). The van der Waals surface area contributed by atoms with Crippen molar-refractivity contribution in [2.24, 2.45) is 4.99 Å². The zero-order valence-corrected chi connectivity index (χ0v) is 17.4. The van der Waals surface area contributed by atoms with Crippen molar-refractivity contribution in [1.82, 2.24) is 10.2 Å². The SMILES string of the molecule is CCNC(=NCCCCOCCOC)N(C)Cc1ccc(OC)cc1OC. The normalized spacial score (nSPS) is 11.4. The van der Waals surface area contributed by atoms with Crippen molar-refractivity contribution >= 4 is 5.96 Å². The monoisotopic (exact) mass is 381 g/mol. The van der Waals surface area contributed by atoms with E-state index < -0.39 is 0 Å². The number of methoxy groups -OCH3 is 3. The molecular formula is C20H35N3O4. The van der Waals surface area contributed by atoms with Crippen LogP contribution in [0.3, 0.4) is 0 Å². The highest BCUT2D eigenvalue weighted by Crippen LogP contribution is 2.25. The highest BCUT2D eigenvalue weighted by atomic mass is 16.5. The fourth-order valence-corrected chi connectivity index (χ4v) is 2.53. The van der Waals surface area contributed by atoms with Crippen LogP contribution in [0.25, 0.3) is 0 Å². The van der Waals surface area contributed by atoms with Crippen molar-refractivity contribution in [2.45, 2.75) is 26.3 Å². The Morgan fingerprint density at radius 2 is 1.89 bits per heavy atom. The molecule has 0 aliphatic carbocycles. The van der Waals surface area contributed by atoms with Gasteiger partial charge in [-0.05, 0) is 31.9 Å². The fourth-order valence-electron chi connectivity index (χ4n) is 2.53. The molecule has 0 saturated carbocycles. The highest BCUT2D eigenvalue weighted by molar-refractivity contribution is 5.79. The minimum Gasteiger partial charge on any atom is -0.497 e. The second-order valence-corrected chi connectivity index (χ2v) is 6.08. The lowest BCUT2D eigenvalue weighted by Crippen LogP contribution is -2.38. The largest absolute Gasteiger partial charge is 0.497 e. The molecule has 1 aromatic rings. The van der Waals surface area contributed by atoms with Crippen LogP contribution < -0.4 is 14.8 Å². The van der Waals surface area contributed by atoms with E-state index in [0.717, 1.165) is 55.6 Å². The summed E-state index contributed by atoms with van der Waals surface area (Å²) in [6, 6.07) is 5.87. The molecule has 0 aliphatic heterocycles. The molecule has 7 nitrogen and oxygen atoms in total. The number of nitrogens with one attached hydrogen (secondary N) is 1. The molecule has 0 aromatic heterocycles. The smallest absolute Gasteiger partial charge is 0.193 e. The molecule has 0 saturated heterocycles. The lowest BCUT2D eigenvalue weighted by molar-refractivity contribution is 0.0690. The van der Waals surface area contributed by atoms with Crippen molar-refractivity contribution in [3.05, 3.63) is 23.8 Å². The Labute approximate surface area is 163 Å². The summed E-state index contributed by atoms with van der Waals surface area (Å²) in [5, 5.41) is 3.34. The second-order valence-electron chi connectivity index (χ2n) is 6.08. The van der Waals surface area contributed by atoms with E-state index in [4.69, 9.17) is 23.9 Å². The van der Waals surface area contributed by atoms with Crippen LogP contribution in [0.5, 0.6) is 11.5 Å². The molecular weight excluding hydrogens is 346 g/mol. The zero-order valence-electron chi connectivity index (χ0n) is 17.4. The van der Waals surface area contributed by atoms with Gasteiger partial charge in [0, 0.05) is 52.0 Å². The first-order chi connectivity index (χ1) is 13.2. The maximum absolute atomic E-state index is 5.49. The molecule has 0 radical (unpaired) electrons. The number of guanidine groups is 1. The maximum Gasteiger partial charge on any atom is 0.193 e. The van der Waals surface area contributed by atoms with Gasteiger partial charge in [0.1, 0.15) is 11.5 Å². The van der Waals surface area contributed by atoms with Crippen molar-refractivity contribution in [3.63, 3.8) is 0 Å². The third kappa shape index (κ3) is 8.97. The second kappa shape index (κ2) is 14.1. The van der Waals surface area contributed by atoms with Crippen molar-refractivity contribution in [3.8, 4) is 11.5 Å². The Morgan fingerprint density at radius 1 is 1.07 bits per heavy atom. The van der Waals surface area contributed by atoms with Crippen molar-refractivity contribution in [2.75, 3.05) is 61.3 Å². The molecule has 1 N–H and O–H groups in total. The molecule has 0 amide bonds. The number of rotatable bonds is 13. The van der Waals surface area contributed by atoms with E-state index >= 15 is 0 Å². The van der Waals surface area contributed by atoms with Gasteiger partial charge in [-0.25, -0.2) is 0 Å². The van der Waals surface area contributed by atoms with Gasteiger partial charge in [-0.15, -0.1) is 0 Å². The van der Waals surface area contributed by atoms with Gasteiger partial charge in [0.15, 0.2) is 5.96 Å². The molecule has 1 rings (SSSR count). The Kier molecular flexibility index (Phi) is 12.1. The van der Waals surface area contributed by atoms with Gasteiger partial charge in [-0.1, -0.05) is 0 Å². The topological polar surface area (TPSA) is 64.6 Å². The fraction of sp³-hybridized carbons (Fsp3) is 0.650. The van der Waals surface area contributed by atoms with Gasteiger partial charge in [0.05, 0.1) is 27.4 Å². The van der Waals surface area contributed by atoms with Crippen molar-refractivity contribution in [1.29, 1.82) is 0 Å². The average Bonchev–Trinajstić information content (AvgIpc) is 2.69. The summed E-state index contributed by atoms with van der Waals surface area (Å²) in [7, 11) is 7.03. The third-order valence-corrected chi connectivity index (χ3v) is 3.99. The summed E-state index contributed by atoms with van der Waals surface area (Å²) >= 11 is 0. The Morgan fingerprint density at radius 3 is 2.56 bits per heavy atom. The van der Waals surface area contributed by atoms with E-state index in [1.54, 1.807) is 21.3 Å². The van der Waals surface area contributed by atoms with Gasteiger partial charge >= 0.3 is 0 Å². The summed E-state index contributed by atoms with van der Waals surface area (Å²) < 4.78 is 21.2. The molecule has 0 fully saturated rings. The van der Waals surface area contributed by atoms with E-state index in [2.05, 4.69) is 17.1 Å². The lowest BCUT2D eigenvalue weighted by Gasteiger charge is -2.23. The van der Waals surface area contributed by atoms with E-state index in [1.807, 2.05) is 25.2 Å². The molecule has 154 valence electrons. The number of hydrogen-bond acceptors (Lipinski definition) is 5. The van der Waals surface area contributed by atoms with E-state index in [9.17, 15) is 0 Å². The maximum atomic E-state index is 5.49. The predicted molar refractivity (Wildman–Crippen MR) is 109 cm³/mol. The number of aliphatic imine (C=N–C) groups is 1. The number of hydrogen-bond donors (Lipinski definition) is 1. The predicted octanol–water partition coefficient (Wildman–Crippen LogP) is 2.54. The van der Waals surface area contributed by atoms with E-state index in [-0.39, 0.29) is 0 Å². The van der Waals surface area contributed by atoms with Crippen LogP contribution in [0.4, 0.5) is 0 Å². The van der Waals surface area contributed by atoms with Crippen LogP contribution in [0.1, 0.15) is 25.3 Å². The summed E-state index contributed by atoms with van der Waals surface area (Å²) in [5.41, 5.74) is 1.08. The van der Waals surface area contributed by atoms with Crippen LogP contribution in [0, 0.1) is 0 Å². The summed E-state index contributed by atoms with van der Waals surface area (Å²) in [6.45, 7) is 6.38. The Balaban J connectivity index is 2.55. The van der Waals surface area contributed by atoms with Gasteiger partial charge < -0.3 is 29.2 Å². The van der Waals surface area contributed by atoms with Gasteiger partial charge in [0.2, 0.25) is 0 Å². The first kappa shape index (κ1) is 23.0. The van der Waals surface area contributed by atoms with Crippen LogP contribution in [0.15, 0.2) is 23.2 Å². The molecule has 0 spiro atoms. The molecule has 0 bridgehead atoms. The Bertz CT molecular complexity index is 552. The first-order valence-corrected chi connectivity index (χ1v) is 9.43. The number of benzene rings is 1. The van der Waals surface area contributed by atoms with Crippen LogP contribution >= 0.6 is 0 Å². The minimum atomic E-state index is 0.641. The first-order valence-electron chi connectivity index (χ1n) is 9.43. The summed E-state index contributed by atoms with van der Waals surface area (Å²) in [6.07, 6.45) is 1.98. The van der Waals surface area contributed by atoms with E-state index in [0.29, 0.717) is 19.8 Å². The summed E-state index contributed by atoms with van der Waals surface area (Å²) in [4.78, 5) is 6.82. The molecule has 0 unspecified atom stereocenters. The molecule has 7 heteroatoms. The summed E-state index contributed by atoms with van der Waals surface area (Å²) in [5.74, 6) is 2.48. The average molecular weight is 382 g/mol. The van der Waals surface area contributed by atoms with E-state index in [1.165, 1.54) is 0 Å². The van der Waals surface area contributed by atoms with Crippen LogP contribution in [-0.2, 0) is 16.0 Å². The molecule has 0 heterocycles. The van der Waals surface area contributed by atoms with Crippen LogP contribution in [0.2, 0.25) is 0 Å². The van der Waals surface area contributed by atoms with Gasteiger partial charge in [-0.2, -0.15) is 0 Å². The lowest BCUT2D eigenvalue weighted by atomic mass is 10.2. The molecule has 1 aromatic carbocycles. The Hall–Kier alpha value is -1.99. The zero-order chi connectivity index (χ0) is 19.9. The number of ether oxygens (including phenoxy) is 4. The highest BCUT2D eigenvalue weighted by Gasteiger charge is 2.11. The van der Waals surface area contributed by atoms with Gasteiger partial charge in [-0.3, -0.25) is 4.99 Å².